The quantitative estimate of drug-likeness (QED) is 0.432. The van der Waals surface area contributed by atoms with Crippen LogP contribution in [0.1, 0.15) is 0 Å². The topological polar surface area (TPSA) is 47.1 Å². The summed E-state index contributed by atoms with van der Waals surface area (Å²) in [6, 6.07) is 0. The minimum absolute atomic E-state index is 0. The Morgan fingerprint density at radius 1 is 1.25 bits per heavy atom. The summed E-state index contributed by atoms with van der Waals surface area (Å²) in [7, 11) is 0. The first-order chi connectivity index (χ1) is 1.00. The molecule has 0 spiro atoms. The van der Waals surface area contributed by atoms with Gasteiger partial charge < -0.3 is 5.48 Å². The van der Waals surface area contributed by atoms with Gasteiger partial charge in [0.15, 0.2) is 0 Å². The molecule has 0 aliphatic rings. The van der Waals surface area contributed by atoms with Gasteiger partial charge in [0.2, 0.25) is 0 Å². The molecule has 4 heteroatoms. The van der Waals surface area contributed by atoms with Crippen molar-refractivity contribution in [2.45, 2.75) is 0 Å². The molecule has 0 aliphatic heterocycles. The van der Waals surface area contributed by atoms with Crippen molar-refractivity contribution in [3.63, 3.8) is 0 Å². The van der Waals surface area contributed by atoms with Crippen LogP contribution in [0, 0.1) is 0 Å². The van der Waals surface area contributed by atoms with Crippen molar-refractivity contribution < 1.29 is 38.5 Å². The maximum atomic E-state index is 8.38. The number of hydrogen-bond acceptors (Lipinski definition) is 2. The third-order valence-electron chi connectivity index (χ3n) is 0. The van der Waals surface area contributed by atoms with Crippen LogP contribution in [0.25, 0.3) is 0 Å². The fourth-order valence-electron chi connectivity index (χ4n) is 0. The van der Waals surface area contributed by atoms with Gasteiger partial charge in [-0.15, -0.1) is 0 Å². The van der Waals surface area contributed by atoms with E-state index in [0.29, 0.717) is 0 Å². The van der Waals surface area contributed by atoms with Gasteiger partial charge in [-0.3, -0.25) is 0 Å². The summed E-state index contributed by atoms with van der Waals surface area (Å²) in [5, 5.41) is 0. The molecule has 0 aromatic rings. The van der Waals surface area contributed by atoms with Gasteiger partial charge in [-0.2, -0.15) is 0 Å². The zero-order valence-electron chi connectivity index (χ0n) is 2.43. The zero-order valence-corrected chi connectivity index (χ0v) is 8.39. The summed E-state index contributed by atoms with van der Waals surface area (Å²) in [6.07, 6.45) is 0. The van der Waals surface area contributed by atoms with E-state index in [9.17, 15) is 0 Å². The van der Waals surface area contributed by atoms with Crippen molar-refractivity contribution in [3.05, 3.63) is 0 Å². The molecule has 0 aromatic carbocycles. The van der Waals surface area contributed by atoms with Crippen LogP contribution >= 0.6 is 0 Å². The summed E-state index contributed by atoms with van der Waals surface area (Å²) in [4.78, 5) is 0. The molecule has 0 aromatic heterocycles. The molecule has 0 saturated heterocycles. The van der Waals surface area contributed by atoms with Gasteiger partial charge in [0.1, 0.15) is 0 Å². The molecule has 0 bridgehead atoms. The molecular weight excluding hydrogens is 161 g/mol. The summed E-state index contributed by atoms with van der Waals surface area (Å²) in [6.45, 7) is 0. The van der Waals surface area contributed by atoms with Gasteiger partial charge >= 0.3 is 70.8 Å². The van der Waals surface area contributed by atoms with Crippen LogP contribution in [0.15, 0.2) is 0 Å². The van der Waals surface area contributed by atoms with E-state index in [1.54, 1.807) is 0 Å². The van der Waals surface area contributed by atoms with Crippen LogP contribution in [0.2, 0.25) is 0 Å². The van der Waals surface area contributed by atoms with E-state index in [-0.39, 0.29) is 74.2 Å². The molecule has 0 fully saturated rings. The van der Waals surface area contributed by atoms with Crippen molar-refractivity contribution >= 4 is 37.7 Å². The van der Waals surface area contributed by atoms with Crippen LogP contribution < -0.4 is 0 Å². The molecule has 19 valence electrons. The van der Waals surface area contributed by atoms with Crippen LogP contribution in [0.3, 0.4) is 0 Å². The third-order valence-corrected chi connectivity index (χ3v) is 0. The molecule has 0 unspecified atom stereocenters. The van der Waals surface area contributed by atoms with E-state index in [4.69, 9.17) is 2.04 Å². The zero-order chi connectivity index (χ0) is 2.00. The Bertz CT molecular complexity index is 6.00. The fourth-order valence-corrected chi connectivity index (χ4v) is 0. The normalized spacial score (nSPS) is 1.50. The van der Waals surface area contributed by atoms with Crippen LogP contribution in [-0.4, -0.2) is 43.2 Å². The maximum absolute atomic E-state index is 8.38. The molecule has 0 saturated carbocycles. The summed E-state index contributed by atoms with van der Waals surface area (Å²) >= 11 is 0.100. The first-order valence-corrected chi connectivity index (χ1v) is 1.39. The molecule has 0 radical (unpaired) electrons. The van der Waals surface area contributed by atoms with Crippen molar-refractivity contribution in [1.29, 1.82) is 0 Å². The van der Waals surface area contributed by atoms with E-state index >= 15 is 0 Å². The van der Waals surface area contributed by atoms with E-state index in [1.807, 2.05) is 0 Å². The van der Waals surface area contributed by atoms with Crippen LogP contribution in [0.5, 0.6) is 0 Å². The van der Waals surface area contributed by atoms with Crippen LogP contribution in [0.4, 0.5) is 0 Å². The van der Waals surface area contributed by atoms with Crippen molar-refractivity contribution in [2.24, 2.45) is 0 Å². The summed E-state index contributed by atoms with van der Waals surface area (Å²) < 4.78 is 8.38. The molecule has 0 heterocycles. The Hall–Kier alpha value is 2.12. The Morgan fingerprint density at radius 3 is 1.25 bits per heavy atom. The first kappa shape index (κ1) is 16.5. The van der Waals surface area contributed by atoms with E-state index in [1.165, 1.54) is 0 Å². The minimum atomic E-state index is 0. The van der Waals surface area contributed by atoms with Crippen molar-refractivity contribution in [3.8, 4) is 0 Å². The van der Waals surface area contributed by atoms with Crippen molar-refractivity contribution in [2.75, 3.05) is 0 Å². The molecule has 2 nitrogen and oxygen atoms in total. The Kier molecular flexibility index (Phi) is 79.6. The third kappa shape index (κ3) is 8.92. The molecule has 0 rings (SSSR count). The SMILES string of the molecule is [CaH+].[OH-].[O]=[Y]. The van der Waals surface area contributed by atoms with Gasteiger partial charge in [0.25, 0.3) is 0 Å². The van der Waals surface area contributed by atoms with Crippen molar-refractivity contribution in [1.82, 2.24) is 0 Å². The first-order valence-electron chi connectivity index (χ1n) is 0.236. The second-order valence-electron chi connectivity index (χ2n) is 0. The average molecular weight is 163 g/mol. The standard InChI is InChI=1S/Ca.H2O.O.Y.H/h;1H2;;;/q+1;;;;/p-1. The Balaban J connectivity index is -0.00000000500. The van der Waals surface area contributed by atoms with E-state index in [0.717, 1.165) is 0 Å². The number of hydrogen-bond donors (Lipinski definition) is 0. The van der Waals surface area contributed by atoms with Gasteiger partial charge in [-0.25, -0.2) is 0 Å². The predicted molar refractivity (Wildman–Crippen MR) is 9.77 cm³/mol. The molecule has 4 heavy (non-hydrogen) atoms. The van der Waals surface area contributed by atoms with Gasteiger partial charge in [0, 0.05) is 0 Å². The monoisotopic (exact) mass is 163 g/mol. The van der Waals surface area contributed by atoms with Crippen LogP contribution in [-0.2, 0) is 33.1 Å². The predicted octanol–water partition coefficient (Wildman–Crippen LogP) is -0.947. The Morgan fingerprint density at radius 2 is 1.25 bits per heavy atom. The summed E-state index contributed by atoms with van der Waals surface area (Å²) in [5.41, 5.74) is 0. The Labute approximate surface area is 74.7 Å². The molecule has 0 amide bonds. The average Bonchev–Trinajstić information content (AvgIpc) is 1.00. The van der Waals surface area contributed by atoms with Gasteiger partial charge in [-0.1, -0.05) is 0 Å². The summed E-state index contributed by atoms with van der Waals surface area (Å²) in [5.74, 6) is 0. The van der Waals surface area contributed by atoms with E-state index in [2.05, 4.69) is 0 Å². The van der Waals surface area contributed by atoms with Gasteiger partial charge in [0.05, 0.1) is 0 Å². The second kappa shape index (κ2) is 19.3. The molecular formula is H2CaO2Y. The number of rotatable bonds is 0. The molecule has 0 atom stereocenters. The fraction of sp³-hybridized carbons (Fsp3) is 0. The van der Waals surface area contributed by atoms with Gasteiger partial charge in [-0.05, 0) is 0 Å². The molecule has 1 N–H and O–H groups in total. The van der Waals surface area contributed by atoms with E-state index < -0.39 is 0 Å². The second-order valence-corrected chi connectivity index (χ2v) is 0. The molecule has 0 aliphatic carbocycles.